The second-order valence-electron chi connectivity index (χ2n) is 6.44. The van der Waals surface area contributed by atoms with E-state index in [-0.39, 0.29) is 0 Å². The molecule has 0 aliphatic heterocycles. The Morgan fingerprint density at radius 1 is 1.33 bits per heavy atom. The van der Waals surface area contributed by atoms with Crippen LogP contribution in [0.1, 0.15) is 51.3 Å². The Hall–Kier alpha value is -0.830. The van der Waals surface area contributed by atoms with Gasteiger partial charge in [-0.05, 0) is 50.5 Å². The van der Waals surface area contributed by atoms with Crippen molar-refractivity contribution >= 4 is 0 Å². The highest BCUT2D eigenvalue weighted by molar-refractivity contribution is 5.09. The van der Waals surface area contributed by atoms with Crippen molar-refractivity contribution in [2.45, 2.75) is 58.0 Å². The Morgan fingerprint density at radius 2 is 2.00 bits per heavy atom. The summed E-state index contributed by atoms with van der Waals surface area (Å²) in [5, 5.41) is 4.61. The van der Waals surface area contributed by atoms with Crippen LogP contribution < -0.4 is 5.73 Å². The highest BCUT2D eigenvalue weighted by Gasteiger charge is 2.52. The van der Waals surface area contributed by atoms with E-state index >= 15 is 0 Å². The fourth-order valence-corrected chi connectivity index (χ4v) is 3.83. The molecule has 0 bridgehead atoms. The Bertz CT molecular complexity index is 398. The van der Waals surface area contributed by atoms with Gasteiger partial charge in [0.15, 0.2) is 0 Å². The van der Waals surface area contributed by atoms with Gasteiger partial charge in [0.05, 0.1) is 5.69 Å². The van der Waals surface area contributed by atoms with Gasteiger partial charge in [-0.1, -0.05) is 12.8 Å². The number of nitrogens with two attached hydrogens (primary N) is 1. The van der Waals surface area contributed by atoms with Crippen molar-refractivity contribution in [2.75, 3.05) is 0 Å². The van der Waals surface area contributed by atoms with Crippen LogP contribution in [0.25, 0.3) is 0 Å². The molecule has 0 spiro atoms. The molecule has 0 aromatic carbocycles. The number of aromatic nitrogens is 2. The zero-order valence-corrected chi connectivity index (χ0v) is 11.5. The molecule has 2 fully saturated rings. The Labute approximate surface area is 110 Å². The summed E-state index contributed by atoms with van der Waals surface area (Å²) >= 11 is 0. The summed E-state index contributed by atoms with van der Waals surface area (Å²) in [4.78, 5) is 0. The van der Waals surface area contributed by atoms with E-state index in [0.29, 0.717) is 12.1 Å². The number of rotatable bonds is 4. The van der Waals surface area contributed by atoms with Gasteiger partial charge >= 0.3 is 0 Å². The van der Waals surface area contributed by atoms with Gasteiger partial charge in [-0.15, -0.1) is 0 Å². The molecule has 3 unspecified atom stereocenters. The van der Waals surface area contributed by atoms with E-state index in [4.69, 9.17) is 5.73 Å². The largest absolute Gasteiger partial charge is 0.327 e. The third kappa shape index (κ3) is 2.20. The number of hydrogen-bond acceptors (Lipinski definition) is 2. The standard InChI is InChI=1S/C15H25N3/c1-10(2)18-8-7-11(17-18)9-14(16)15-12-5-3-4-6-13(12)15/h7-8,10,12-15H,3-6,9,16H2,1-2H3. The topological polar surface area (TPSA) is 43.8 Å². The minimum atomic E-state index is 0.327. The molecule has 3 atom stereocenters. The van der Waals surface area contributed by atoms with Gasteiger partial charge < -0.3 is 5.73 Å². The van der Waals surface area contributed by atoms with E-state index in [1.807, 2.05) is 4.68 Å². The minimum absolute atomic E-state index is 0.327. The highest BCUT2D eigenvalue weighted by Crippen LogP contribution is 2.56. The molecular weight excluding hydrogens is 222 g/mol. The van der Waals surface area contributed by atoms with E-state index in [9.17, 15) is 0 Å². The van der Waals surface area contributed by atoms with Crippen LogP contribution in [0.2, 0.25) is 0 Å². The predicted octanol–water partition coefficient (Wildman–Crippen LogP) is 2.77. The molecule has 0 radical (unpaired) electrons. The van der Waals surface area contributed by atoms with Crippen molar-refractivity contribution in [1.82, 2.24) is 9.78 Å². The van der Waals surface area contributed by atoms with Crippen LogP contribution in [0, 0.1) is 17.8 Å². The van der Waals surface area contributed by atoms with Crippen LogP contribution in [0.3, 0.4) is 0 Å². The van der Waals surface area contributed by atoms with Gasteiger partial charge in [-0.25, -0.2) is 0 Å². The molecule has 1 aromatic rings. The lowest BCUT2D eigenvalue weighted by molar-refractivity contribution is 0.480. The molecule has 18 heavy (non-hydrogen) atoms. The lowest BCUT2D eigenvalue weighted by Crippen LogP contribution is -2.27. The maximum absolute atomic E-state index is 6.41. The smallest absolute Gasteiger partial charge is 0.0640 e. The van der Waals surface area contributed by atoms with Crippen molar-refractivity contribution in [3.63, 3.8) is 0 Å². The zero-order valence-electron chi connectivity index (χ0n) is 11.5. The van der Waals surface area contributed by atoms with Crippen LogP contribution in [0.15, 0.2) is 12.3 Å². The molecule has 0 saturated heterocycles. The fraction of sp³-hybridized carbons (Fsp3) is 0.800. The SMILES string of the molecule is CC(C)n1ccc(CC(N)C2C3CCCCC32)n1. The molecule has 1 heterocycles. The summed E-state index contributed by atoms with van der Waals surface area (Å²) in [5.41, 5.74) is 7.57. The van der Waals surface area contributed by atoms with Gasteiger partial charge in [0, 0.05) is 24.7 Å². The second kappa shape index (κ2) is 4.69. The second-order valence-corrected chi connectivity index (χ2v) is 6.44. The number of hydrogen-bond donors (Lipinski definition) is 1. The third-order valence-electron chi connectivity index (χ3n) is 4.85. The van der Waals surface area contributed by atoms with Crippen LogP contribution >= 0.6 is 0 Å². The van der Waals surface area contributed by atoms with E-state index in [0.717, 1.165) is 24.2 Å². The Kier molecular flexibility index (Phi) is 3.18. The fourth-order valence-electron chi connectivity index (χ4n) is 3.83. The Morgan fingerprint density at radius 3 is 2.56 bits per heavy atom. The molecule has 3 heteroatoms. The Balaban J connectivity index is 1.59. The quantitative estimate of drug-likeness (QED) is 0.889. The van der Waals surface area contributed by atoms with Gasteiger partial charge in [0.2, 0.25) is 0 Å². The first-order chi connectivity index (χ1) is 8.66. The monoisotopic (exact) mass is 247 g/mol. The summed E-state index contributed by atoms with van der Waals surface area (Å²) in [6.45, 7) is 4.32. The van der Waals surface area contributed by atoms with Crippen molar-refractivity contribution in [3.05, 3.63) is 18.0 Å². The lowest BCUT2D eigenvalue weighted by Gasteiger charge is -2.10. The molecule has 3 nitrogen and oxygen atoms in total. The molecule has 2 N–H and O–H groups in total. The van der Waals surface area contributed by atoms with E-state index < -0.39 is 0 Å². The average Bonchev–Trinajstić information content (AvgIpc) is 2.90. The van der Waals surface area contributed by atoms with Gasteiger partial charge in [-0.2, -0.15) is 5.10 Å². The van der Waals surface area contributed by atoms with Crippen LogP contribution in [0.4, 0.5) is 0 Å². The first kappa shape index (κ1) is 12.2. The molecule has 100 valence electrons. The average molecular weight is 247 g/mol. The van der Waals surface area contributed by atoms with Crippen LogP contribution in [0.5, 0.6) is 0 Å². The van der Waals surface area contributed by atoms with Crippen LogP contribution in [-0.4, -0.2) is 15.8 Å². The molecule has 2 aliphatic rings. The summed E-state index contributed by atoms with van der Waals surface area (Å²) in [7, 11) is 0. The molecular formula is C15H25N3. The number of nitrogens with zero attached hydrogens (tertiary/aromatic N) is 2. The van der Waals surface area contributed by atoms with Crippen molar-refractivity contribution in [2.24, 2.45) is 23.5 Å². The molecule has 2 aliphatic carbocycles. The van der Waals surface area contributed by atoms with Gasteiger partial charge in [0.25, 0.3) is 0 Å². The van der Waals surface area contributed by atoms with Gasteiger partial charge in [0.1, 0.15) is 0 Å². The summed E-state index contributed by atoms with van der Waals surface area (Å²) in [6.07, 6.45) is 8.72. The van der Waals surface area contributed by atoms with E-state index in [1.54, 1.807) is 0 Å². The van der Waals surface area contributed by atoms with E-state index in [2.05, 4.69) is 31.2 Å². The normalized spacial score (nSPS) is 32.3. The van der Waals surface area contributed by atoms with Crippen molar-refractivity contribution < 1.29 is 0 Å². The maximum atomic E-state index is 6.41. The highest BCUT2D eigenvalue weighted by atomic mass is 15.3. The van der Waals surface area contributed by atoms with Crippen molar-refractivity contribution in [3.8, 4) is 0 Å². The number of fused-ring (bicyclic) bond motifs is 1. The molecule has 3 rings (SSSR count). The predicted molar refractivity (Wildman–Crippen MR) is 73.2 cm³/mol. The van der Waals surface area contributed by atoms with E-state index in [1.165, 1.54) is 31.4 Å². The molecule has 1 aromatic heterocycles. The van der Waals surface area contributed by atoms with Crippen molar-refractivity contribution in [1.29, 1.82) is 0 Å². The van der Waals surface area contributed by atoms with Gasteiger partial charge in [-0.3, -0.25) is 4.68 Å². The first-order valence-electron chi connectivity index (χ1n) is 7.46. The molecule has 0 amide bonds. The third-order valence-corrected chi connectivity index (χ3v) is 4.85. The first-order valence-corrected chi connectivity index (χ1v) is 7.46. The lowest BCUT2D eigenvalue weighted by atomic mass is 10.0. The zero-order chi connectivity index (χ0) is 12.7. The summed E-state index contributed by atoms with van der Waals surface area (Å²) < 4.78 is 2.03. The summed E-state index contributed by atoms with van der Waals surface area (Å²) in [5.74, 6) is 2.68. The minimum Gasteiger partial charge on any atom is -0.327 e. The van der Waals surface area contributed by atoms with Crippen LogP contribution in [-0.2, 0) is 6.42 Å². The summed E-state index contributed by atoms with van der Waals surface area (Å²) in [6, 6.07) is 2.90. The maximum Gasteiger partial charge on any atom is 0.0640 e. The molecule has 2 saturated carbocycles.